The van der Waals surface area contributed by atoms with Crippen LogP contribution in [0.5, 0.6) is 0 Å². The Morgan fingerprint density at radius 3 is 2.50 bits per heavy atom. The lowest BCUT2D eigenvalue weighted by atomic mass is 10.2. The van der Waals surface area contributed by atoms with Gasteiger partial charge in [-0.05, 0) is 12.1 Å². The van der Waals surface area contributed by atoms with Crippen LogP contribution in [-0.4, -0.2) is 43.6 Å². The van der Waals surface area contributed by atoms with E-state index in [4.69, 9.17) is 5.73 Å². The minimum Gasteiger partial charge on any atom is -0.351 e. The number of nitrogens with two attached hydrogens (primary N) is 1. The zero-order valence-electron chi connectivity index (χ0n) is 11.9. The molecule has 2 rings (SSSR count). The van der Waals surface area contributed by atoms with Crippen molar-refractivity contribution < 1.29 is 22.8 Å². The maximum atomic E-state index is 12.8. The van der Waals surface area contributed by atoms with Gasteiger partial charge in [0.25, 0.3) is 0 Å². The molecule has 0 aliphatic rings. The molecule has 0 aliphatic carbocycles. The van der Waals surface area contributed by atoms with Gasteiger partial charge in [0.05, 0.1) is 5.75 Å². The SMILES string of the molecule is NC(=O)NC(=O)CSc1nnc(-c2ccncc2)n1CC(F)(F)F. The number of pyridine rings is 1. The topological polar surface area (TPSA) is 116 Å². The molecule has 0 bridgehead atoms. The standard InChI is InChI=1S/C12H11F3N6O2S/c13-12(14,15)6-21-9(7-1-3-17-4-2-7)19-20-11(21)24-5-8(22)18-10(16)23/h1-4H,5-6H2,(H3,16,18,22,23). The monoisotopic (exact) mass is 360 g/mol. The number of aromatic nitrogens is 4. The number of alkyl halides is 3. The molecule has 0 aliphatic heterocycles. The summed E-state index contributed by atoms with van der Waals surface area (Å²) in [5, 5.41) is 9.14. The second kappa shape index (κ2) is 7.29. The average Bonchev–Trinajstić information content (AvgIpc) is 2.86. The van der Waals surface area contributed by atoms with Gasteiger partial charge in [-0.15, -0.1) is 10.2 Å². The van der Waals surface area contributed by atoms with Crippen molar-refractivity contribution in [1.29, 1.82) is 0 Å². The molecule has 0 fully saturated rings. The normalized spacial score (nSPS) is 11.3. The molecular formula is C12H11F3N6O2S. The third kappa shape index (κ3) is 4.94. The van der Waals surface area contributed by atoms with Gasteiger partial charge >= 0.3 is 12.2 Å². The molecule has 0 unspecified atom stereocenters. The number of imide groups is 1. The van der Waals surface area contributed by atoms with Gasteiger partial charge in [0.15, 0.2) is 11.0 Å². The lowest BCUT2D eigenvalue weighted by molar-refractivity contribution is -0.141. The molecule has 8 nitrogen and oxygen atoms in total. The van der Waals surface area contributed by atoms with Crippen LogP contribution in [0.1, 0.15) is 0 Å². The largest absolute Gasteiger partial charge is 0.406 e. The van der Waals surface area contributed by atoms with Gasteiger partial charge in [-0.25, -0.2) is 4.79 Å². The fraction of sp³-hybridized carbons (Fsp3) is 0.250. The Hall–Kier alpha value is -2.63. The summed E-state index contributed by atoms with van der Waals surface area (Å²) in [6, 6.07) is 1.94. The molecule has 0 atom stereocenters. The van der Waals surface area contributed by atoms with Gasteiger partial charge < -0.3 is 5.73 Å². The van der Waals surface area contributed by atoms with Crippen molar-refractivity contribution in [1.82, 2.24) is 25.1 Å². The molecular weight excluding hydrogens is 349 g/mol. The first kappa shape index (κ1) is 17.7. The highest BCUT2D eigenvalue weighted by Crippen LogP contribution is 2.28. The maximum Gasteiger partial charge on any atom is 0.406 e. The fourth-order valence-corrected chi connectivity index (χ4v) is 2.47. The van der Waals surface area contributed by atoms with Gasteiger partial charge in [0.2, 0.25) is 5.91 Å². The van der Waals surface area contributed by atoms with Crippen LogP contribution in [0.25, 0.3) is 11.4 Å². The van der Waals surface area contributed by atoms with Crippen LogP contribution < -0.4 is 11.1 Å². The molecule has 0 spiro atoms. The first-order chi connectivity index (χ1) is 11.3. The van der Waals surface area contributed by atoms with Crippen LogP contribution in [0.15, 0.2) is 29.7 Å². The van der Waals surface area contributed by atoms with Crippen molar-refractivity contribution >= 4 is 23.7 Å². The zero-order valence-corrected chi connectivity index (χ0v) is 12.8. The van der Waals surface area contributed by atoms with Crippen LogP contribution in [0.4, 0.5) is 18.0 Å². The summed E-state index contributed by atoms with van der Waals surface area (Å²) in [6.07, 6.45) is -1.68. The van der Waals surface area contributed by atoms with Gasteiger partial charge in [-0.1, -0.05) is 11.8 Å². The van der Waals surface area contributed by atoms with Crippen LogP contribution >= 0.6 is 11.8 Å². The number of nitrogens with one attached hydrogen (secondary N) is 1. The maximum absolute atomic E-state index is 12.8. The van der Waals surface area contributed by atoms with E-state index in [1.165, 1.54) is 24.5 Å². The van der Waals surface area contributed by atoms with Crippen molar-refractivity contribution in [2.24, 2.45) is 5.73 Å². The number of hydrogen-bond acceptors (Lipinski definition) is 6. The van der Waals surface area contributed by atoms with Crippen LogP contribution in [-0.2, 0) is 11.3 Å². The molecule has 3 N–H and O–H groups in total. The van der Waals surface area contributed by atoms with Gasteiger partial charge in [0.1, 0.15) is 6.54 Å². The highest BCUT2D eigenvalue weighted by Gasteiger charge is 2.31. The number of nitrogens with zero attached hydrogens (tertiary/aromatic N) is 4. The summed E-state index contributed by atoms with van der Waals surface area (Å²) < 4.78 is 39.3. The molecule has 0 saturated carbocycles. The van der Waals surface area contributed by atoms with Crippen LogP contribution in [0.2, 0.25) is 0 Å². The molecule has 2 heterocycles. The number of amides is 3. The summed E-state index contributed by atoms with van der Waals surface area (Å²) in [5.41, 5.74) is 5.19. The number of rotatable bonds is 5. The van der Waals surface area contributed by atoms with E-state index in [2.05, 4.69) is 15.2 Å². The van der Waals surface area contributed by atoms with E-state index in [-0.39, 0.29) is 16.7 Å². The Kier molecular flexibility index (Phi) is 5.39. The average molecular weight is 360 g/mol. The van der Waals surface area contributed by atoms with E-state index in [1.54, 1.807) is 0 Å². The van der Waals surface area contributed by atoms with Gasteiger partial charge in [-0.2, -0.15) is 13.2 Å². The highest BCUT2D eigenvalue weighted by molar-refractivity contribution is 7.99. The summed E-state index contributed by atoms with van der Waals surface area (Å²) in [6.45, 7) is -1.32. The van der Waals surface area contributed by atoms with Crippen molar-refractivity contribution in [3.63, 3.8) is 0 Å². The molecule has 128 valence electrons. The quantitative estimate of drug-likeness (QED) is 0.774. The Morgan fingerprint density at radius 2 is 1.92 bits per heavy atom. The summed E-state index contributed by atoms with van der Waals surface area (Å²) in [4.78, 5) is 25.7. The summed E-state index contributed by atoms with van der Waals surface area (Å²) in [5.74, 6) is -1.10. The lowest BCUT2D eigenvalue weighted by Crippen LogP contribution is -2.36. The number of thioether (sulfide) groups is 1. The third-order valence-electron chi connectivity index (χ3n) is 2.59. The second-order valence-electron chi connectivity index (χ2n) is 4.44. The summed E-state index contributed by atoms with van der Waals surface area (Å²) in [7, 11) is 0. The number of primary amides is 1. The van der Waals surface area contributed by atoms with Gasteiger partial charge in [-0.3, -0.25) is 19.7 Å². The van der Waals surface area contributed by atoms with E-state index in [1.807, 2.05) is 5.32 Å². The molecule has 2 aromatic rings. The number of carbonyl (C=O) groups excluding carboxylic acids is 2. The summed E-state index contributed by atoms with van der Waals surface area (Å²) >= 11 is 0.707. The predicted molar refractivity (Wildman–Crippen MR) is 77.8 cm³/mol. The van der Waals surface area contributed by atoms with Crippen LogP contribution in [0, 0.1) is 0 Å². The molecule has 0 saturated heterocycles. The second-order valence-corrected chi connectivity index (χ2v) is 5.39. The number of urea groups is 1. The van der Waals surface area contributed by atoms with E-state index >= 15 is 0 Å². The third-order valence-corrected chi connectivity index (χ3v) is 3.55. The van der Waals surface area contributed by atoms with Crippen molar-refractivity contribution in [2.75, 3.05) is 5.75 Å². The molecule has 0 aromatic carbocycles. The van der Waals surface area contributed by atoms with E-state index in [0.717, 1.165) is 4.57 Å². The van der Waals surface area contributed by atoms with Crippen LogP contribution in [0.3, 0.4) is 0 Å². The van der Waals surface area contributed by atoms with Crippen molar-refractivity contribution in [3.05, 3.63) is 24.5 Å². The molecule has 12 heteroatoms. The first-order valence-electron chi connectivity index (χ1n) is 6.38. The number of carbonyl (C=O) groups is 2. The molecule has 0 radical (unpaired) electrons. The zero-order chi connectivity index (χ0) is 17.7. The Labute approximate surface area is 137 Å². The Balaban J connectivity index is 2.26. The Bertz CT molecular complexity index is 734. The molecule has 2 aromatic heterocycles. The minimum atomic E-state index is -4.51. The van der Waals surface area contributed by atoms with E-state index in [9.17, 15) is 22.8 Å². The van der Waals surface area contributed by atoms with Gasteiger partial charge in [0, 0.05) is 18.0 Å². The van der Waals surface area contributed by atoms with Crippen molar-refractivity contribution in [3.8, 4) is 11.4 Å². The van der Waals surface area contributed by atoms with E-state index < -0.39 is 24.7 Å². The predicted octanol–water partition coefficient (Wildman–Crippen LogP) is 1.19. The molecule has 24 heavy (non-hydrogen) atoms. The van der Waals surface area contributed by atoms with E-state index in [0.29, 0.717) is 17.3 Å². The Morgan fingerprint density at radius 1 is 1.25 bits per heavy atom. The first-order valence-corrected chi connectivity index (χ1v) is 7.37. The highest BCUT2D eigenvalue weighted by atomic mass is 32.2. The lowest BCUT2D eigenvalue weighted by Gasteiger charge is -2.12. The minimum absolute atomic E-state index is 0.00691. The fourth-order valence-electron chi connectivity index (χ4n) is 1.74. The number of halogens is 3. The van der Waals surface area contributed by atoms with Crippen molar-refractivity contribution in [2.45, 2.75) is 17.9 Å². The molecule has 3 amide bonds. The number of hydrogen-bond donors (Lipinski definition) is 2. The smallest absolute Gasteiger partial charge is 0.351 e.